The highest BCUT2D eigenvalue weighted by atomic mass is 32.1. The highest BCUT2D eigenvalue weighted by Crippen LogP contribution is 2.52. The predicted octanol–water partition coefficient (Wildman–Crippen LogP) is 10.1. The third-order valence-corrected chi connectivity index (χ3v) is 8.79. The zero-order chi connectivity index (χ0) is 29.2. The molecule has 3 rings (SSSR count). The van der Waals surface area contributed by atoms with Gasteiger partial charge in [0.25, 0.3) is 0 Å². The zero-order valence-corrected chi connectivity index (χ0v) is 27.1. The number of rotatable bonds is 3. The van der Waals surface area contributed by atoms with Crippen molar-refractivity contribution in [3.05, 3.63) is 79.0 Å². The molecule has 1 aromatic heterocycles. The van der Waals surface area contributed by atoms with E-state index in [1.807, 2.05) is 0 Å². The summed E-state index contributed by atoms with van der Waals surface area (Å²) in [6.07, 6.45) is 0. The van der Waals surface area contributed by atoms with Crippen LogP contribution in [0.4, 0.5) is 0 Å². The third-order valence-electron chi connectivity index (χ3n) is 7.85. The number of thiophene rings is 1. The fourth-order valence-corrected chi connectivity index (χ4v) is 6.71. The van der Waals surface area contributed by atoms with Gasteiger partial charge in [0.2, 0.25) is 0 Å². The first-order valence-electron chi connectivity index (χ1n) is 13.9. The van der Waals surface area contributed by atoms with E-state index in [1.165, 1.54) is 11.1 Å². The van der Waals surface area contributed by atoms with Gasteiger partial charge in [-0.2, -0.15) is 0 Å². The van der Waals surface area contributed by atoms with Crippen molar-refractivity contribution in [1.82, 2.24) is 0 Å². The summed E-state index contributed by atoms with van der Waals surface area (Å²) in [4.78, 5) is 1.12. The Kier molecular flexibility index (Phi) is 7.76. The average molecular weight is 535 g/mol. The second-order valence-electron chi connectivity index (χ2n) is 15.2. The van der Waals surface area contributed by atoms with Gasteiger partial charge in [-0.25, -0.2) is 0 Å². The highest BCUT2D eigenvalue weighted by Gasteiger charge is 2.37. The summed E-state index contributed by atoms with van der Waals surface area (Å²) >= 11 is 1.69. The molecule has 2 N–H and O–H groups in total. The molecule has 2 aromatic carbocycles. The standard InChI is InChI=1S/C35H50O2S/c1-20-22(32(3,4)5)18-24(34(9,10)11)30(36)27(20)29(26-16-15-17-38-26)28-21(2)23(33(6,7)8)19-25(31(28)37)35(12,13)14/h15-19,29,36-37H,1-14H3. The molecule has 0 aliphatic heterocycles. The monoisotopic (exact) mass is 534 g/mol. The van der Waals surface area contributed by atoms with Gasteiger partial charge < -0.3 is 10.2 Å². The average Bonchev–Trinajstić information content (AvgIpc) is 3.23. The SMILES string of the molecule is Cc1c(C(C)(C)C)cc(C(C)(C)C)c(O)c1C(c1cccs1)c1c(C)c(C(C)(C)C)cc(C(C)(C)C)c1O. The summed E-state index contributed by atoms with van der Waals surface area (Å²) in [6, 6.07) is 8.63. The molecule has 0 spiro atoms. The molecule has 0 saturated heterocycles. The highest BCUT2D eigenvalue weighted by molar-refractivity contribution is 7.10. The van der Waals surface area contributed by atoms with Gasteiger partial charge in [0.1, 0.15) is 11.5 Å². The van der Waals surface area contributed by atoms with Crippen molar-refractivity contribution in [2.45, 2.75) is 125 Å². The number of aromatic hydroxyl groups is 2. The van der Waals surface area contributed by atoms with Crippen molar-refractivity contribution in [2.24, 2.45) is 0 Å². The maximum absolute atomic E-state index is 12.1. The molecule has 2 nitrogen and oxygen atoms in total. The quantitative estimate of drug-likeness (QED) is 0.351. The Morgan fingerprint density at radius 1 is 0.579 bits per heavy atom. The van der Waals surface area contributed by atoms with Gasteiger partial charge in [0.15, 0.2) is 0 Å². The molecule has 0 aliphatic rings. The fourth-order valence-electron chi connectivity index (χ4n) is 5.87. The first-order valence-corrected chi connectivity index (χ1v) is 14.7. The Morgan fingerprint density at radius 3 is 1.18 bits per heavy atom. The molecule has 3 aromatic rings. The summed E-state index contributed by atoms with van der Waals surface area (Å²) in [7, 11) is 0. The van der Waals surface area contributed by atoms with Crippen molar-refractivity contribution in [2.75, 3.05) is 0 Å². The van der Waals surface area contributed by atoms with E-state index < -0.39 is 0 Å². The molecule has 0 aliphatic carbocycles. The van der Waals surface area contributed by atoms with Crippen LogP contribution in [-0.4, -0.2) is 10.2 Å². The predicted molar refractivity (Wildman–Crippen MR) is 166 cm³/mol. The van der Waals surface area contributed by atoms with Crippen molar-refractivity contribution in [3.63, 3.8) is 0 Å². The van der Waals surface area contributed by atoms with Gasteiger partial charge in [-0.1, -0.05) is 101 Å². The second kappa shape index (κ2) is 9.73. The molecule has 0 saturated carbocycles. The number of phenols is 2. The Balaban J connectivity index is 2.64. The van der Waals surface area contributed by atoms with Crippen LogP contribution in [0.2, 0.25) is 0 Å². The van der Waals surface area contributed by atoms with Crippen LogP contribution in [0.15, 0.2) is 29.6 Å². The molecule has 1 heterocycles. The molecule has 0 unspecified atom stereocenters. The molecule has 0 atom stereocenters. The Morgan fingerprint density at radius 2 is 0.921 bits per heavy atom. The maximum atomic E-state index is 12.1. The fraction of sp³-hybridized carbons (Fsp3) is 0.543. The lowest BCUT2D eigenvalue weighted by molar-refractivity contribution is 0.428. The van der Waals surface area contributed by atoms with Gasteiger partial charge in [0.05, 0.1) is 5.92 Å². The summed E-state index contributed by atoms with van der Waals surface area (Å²) in [6.45, 7) is 30.7. The van der Waals surface area contributed by atoms with E-state index in [2.05, 4.69) is 127 Å². The number of hydrogen-bond acceptors (Lipinski definition) is 3. The summed E-state index contributed by atoms with van der Waals surface area (Å²) in [5.41, 5.74) is 7.69. The maximum Gasteiger partial charge on any atom is 0.123 e. The zero-order valence-electron chi connectivity index (χ0n) is 26.3. The lowest BCUT2D eigenvalue weighted by Gasteiger charge is -2.35. The van der Waals surface area contributed by atoms with Crippen molar-refractivity contribution < 1.29 is 10.2 Å². The van der Waals surface area contributed by atoms with Crippen LogP contribution < -0.4 is 0 Å². The van der Waals surface area contributed by atoms with Crippen LogP contribution in [0, 0.1) is 13.8 Å². The molecule has 3 heteroatoms. The Labute approximate surface area is 236 Å². The van der Waals surface area contributed by atoms with E-state index in [4.69, 9.17) is 0 Å². The van der Waals surface area contributed by atoms with Crippen LogP contribution in [0.3, 0.4) is 0 Å². The molecule has 0 fully saturated rings. The van der Waals surface area contributed by atoms with E-state index in [1.54, 1.807) is 11.3 Å². The number of hydrogen-bond donors (Lipinski definition) is 2. The summed E-state index contributed by atoms with van der Waals surface area (Å²) in [5.74, 6) is 0.402. The number of benzene rings is 2. The van der Waals surface area contributed by atoms with Crippen LogP contribution in [0.1, 0.15) is 138 Å². The minimum Gasteiger partial charge on any atom is -0.507 e. The van der Waals surface area contributed by atoms with E-state index in [9.17, 15) is 10.2 Å². The third kappa shape index (κ3) is 5.55. The van der Waals surface area contributed by atoms with E-state index in [-0.39, 0.29) is 27.6 Å². The van der Waals surface area contributed by atoms with Gasteiger partial charge in [0, 0.05) is 16.0 Å². The van der Waals surface area contributed by atoms with Crippen molar-refractivity contribution in [3.8, 4) is 11.5 Å². The van der Waals surface area contributed by atoms with Gasteiger partial charge >= 0.3 is 0 Å². The topological polar surface area (TPSA) is 40.5 Å². The first-order chi connectivity index (χ1) is 17.1. The van der Waals surface area contributed by atoms with Crippen molar-refractivity contribution >= 4 is 11.3 Å². The molecule has 208 valence electrons. The number of phenolic OH excluding ortho intramolecular Hbond substituents is 2. The molecular formula is C35H50O2S. The largest absolute Gasteiger partial charge is 0.507 e. The minimum atomic E-state index is -0.290. The van der Waals surface area contributed by atoms with Gasteiger partial charge in [-0.05, 0) is 80.3 Å². The minimum absolute atomic E-state index is 0.104. The lowest BCUT2D eigenvalue weighted by Crippen LogP contribution is -2.23. The second-order valence-corrected chi connectivity index (χ2v) is 16.1. The molecule has 0 radical (unpaired) electrons. The van der Waals surface area contributed by atoms with Crippen LogP contribution in [-0.2, 0) is 21.7 Å². The smallest absolute Gasteiger partial charge is 0.123 e. The first kappa shape index (κ1) is 30.3. The lowest BCUT2D eigenvalue weighted by atomic mass is 9.70. The van der Waals surface area contributed by atoms with Crippen LogP contribution in [0.25, 0.3) is 0 Å². The van der Waals surface area contributed by atoms with Crippen LogP contribution >= 0.6 is 11.3 Å². The van der Waals surface area contributed by atoms with E-state index >= 15 is 0 Å². The van der Waals surface area contributed by atoms with Gasteiger partial charge in [-0.15, -0.1) is 11.3 Å². The van der Waals surface area contributed by atoms with Crippen LogP contribution in [0.5, 0.6) is 11.5 Å². The van der Waals surface area contributed by atoms with E-state index in [0.29, 0.717) is 11.5 Å². The van der Waals surface area contributed by atoms with Crippen molar-refractivity contribution in [1.29, 1.82) is 0 Å². The normalized spacial score (nSPS) is 13.4. The summed E-state index contributed by atoms with van der Waals surface area (Å²) in [5, 5.41) is 26.3. The molecule has 0 bridgehead atoms. The van der Waals surface area contributed by atoms with Gasteiger partial charge in [-0.3, -0.25) is 0 Å². The Bertz CT molecular complexity index is 1150. The molecular weight excluding hydrogens is 484 g/mol. The summed E-state index contributed by atoms with van der Waals surface area (Å²) < 4.78 is 0. The molecule has 0 amide bonds. The van der Waals surface area contributed by atoms with E-state index in [0.717, 1.165) is 38.3 Å². The molecule has 38 heavy (non-hydrogen) atoms. The Hall–Kier alpha value is -2.26.